The third kappa shape index (κ3) is 11.6. The van der Waals surface area contributed by atoms with Gasteiger partial charge in [0.15, 0.2) is 25.0 Å². The molecule has 4 heterocycles. The summed E-state index contributed by atoms with van der Waals surface area (Å²) in [6, 6.07) is 9.95. The van der Waals surface area contributed by atoms with E-state index in [1.165, 1.54) is 0 Å². The van der Waals surface area contributed by atoms with Crippen LogP contribution in [0, 0.1) is 0 Å². The van der Waals surface area contributed by atoms with Crippen LogP contribution in [0.5, 0.6) is 0 Å². The second-order valence-electron chi connectivity index (χ2n) is 17.1. The van der Waals surface area contributed by atoms with E-state index in [0.717, 1.165) is 71.8 Å². The second kappa shape index (κ2) is 17.0. The number of fused-ring (bicyclic) bond motifs is 1. The van der Waals surface area contributed by atoms with Crippen LogP contribution >= 0.6 is 22.7 Å². The third-order valence-corrected chi connectivity index (χ3v) is 26.4. The number of hydrogen-bond acceptors (Lipinski definition) is 8. The maximum Gasteiger partial charge on any atom is 0.324 e. The molecule has 0 fully saturated rings. The highest BCUT2D eigenvalue weighted by molar-refractivity contribution is 7.11. The molecule has 15 heteroatoms. The minimum Gasteiger partial charge on any atom is -0.437 e. The van der Waals surface area contributed by atoms with Crippen molar-refractivity contribution in [1.29, 1.82) is 0 Å². The molecule has 0 bridgehead atoms. The summed E-state index contributed by atoms with van der Waals surface area (Å²) in [6.07, 6.45) is 5.61. The first-order chi connectivity index (χ1) is 23.7. The lowest BCUT2D eigenvalue weighted by atomic mass is 10.1. The predicted octanol–water partition coefficient (Wildman–Crippen LogP) is 10.3. The molecule has 2 aliphatic rings. The Labute approximate surface area is 321 Å². The van der Waals surface area contributed by atoms with Crippen molar-refractivity contribution in [3.8, 4) is 0 Å². The van der Waals surface area contributed by atoms with Crippen molar-refractivity contribution in [3.05, 3.63) is 55.9 Å². The molecule has 0 spiro atoms. The molecule has 0 saturated carbocycles. The first-order valence-electron chi connectivity index (χ1n) is 18.5. The minimum absolute atomic E-state index is 0.0543. The van der Waals surface area contributed by atoms with Gasteiger partial charge in [-0.2, -0.15) is 0 Å². The molecule has 2 amide bonds. The van der Waals surface area contributed by atoms with Crippen LogP contribution in [0.2, 0.25) is 84.1 Å². The summed E-state index contributed by atoms with van der Waals surface area (Å²) in [5, 5.41) is 4.05. The fourth-order valence-corrected chi connectivity index (χ4v) is 28.4. The topological polar surface area (TPSA) is 77.5 Å². The molecular formula is C36H62N2O6S2Si5. The Bertz CT molecular complexity index is 1550. The van der Waals surface area contributed by atoms with E-state index in [4.69, 9.17) is 16.8 Å². The zero-order valence-electron chi connectivity index (χ0n) is 33.2. The molecule has 2 aromatic heterocycles. The average molecular weight is 823 g/mol. The quantitative estimate of drug-likeness (QED) is 0.0922. The fraction of sp³-hybridized carbons (Fsp3) is 0.611. The molecule has 0 saturated heterocycles. The fourth-order valence-electron chi connectivity index (χ4n) is 7.21. The van der Waals surface area contributed by atoms with E-state index in [1.807, 2.05) is 44.8 Å². The molecule has 4 rings (SSSR count). The normalized spacial score (nSPS) is 17.3. The second-order valence-corrected chi connectivity index (χ2v) is 40.0. The van der Waals surface area contributed by atoms with Crippen molar-refractivity contribution in [2.24, 2.45) is 0 Å². The van der Waals surface area contributed by atoms with Crippen molar-refractivity contribution >= 4 is 88.0 Å². The lowest BCUT2D eigenvalue weighted by Crippen LogP contribution is -2.52. The van der Waals surface area contributed by atoms with E-state index in [-0.39, 0.29) is 11.8 Å². The van der Waals surface area contributed by atoms with Crippen LogP contribution in [0.3, 0.4) is 0 Å². The smallest absolute Gasteiger partial charge is 0.324 e. The van der Waals surface area contributed by atoms with Crippen LogP contribution in [0.1, 0.15) is 48.3 Å². The number of unbranched alkanes of at least 4 members (excludes halogenated alkanes) is 4. The number of carbonyl (C=O) groups excluding carboxylic acids is 2. The molecule has 0 radical (unpaired) electrons. The third-order valence-electron chi connectivity index (χ3n) is 8.71. The average Bonchev–Trinajstić information content (AvgIpc) is 3.78. The number of amides is 2. The number of hydrogen-bond donors (Lipinski definition) is 0. The zero-order chi connectivity index (χ0) is 37.8. The highest BCUT2D eigenvalue weighted by atomic mass is 32.1. The van der Waals surface area contributed by atoms with Gasteiger partial charge in [-0.3, -0.25) is 9.59 Å². The lowest BCUT2D eigenvalue weighted by Gasteiger charge is -2.38. The van der Waals surface area contributed by atoms with Crippen LogP contribution in [-0.4, -0.2) is 83.9 Å². The van der Waals surface area contributed by atoms with Crippen LogP contribution in [0.15, 0.2) is 46.2 Å². The summed E-state index contributed by atoms with van der Waals surface area (Å²) < 4.78 is 25.8. The lowest BCUT2D eigenvalue weighted by molar-refractivity contribution is -0.124. The molecule has 0 aliphatic carbocycles. The molecule has 2 aromatic rings. The largest absolute Gasteiger partial charge is 0.437 e. The van der Waals surface area contributed by atoms with E-state index in [9.17, 15) is 9.59 Å². The molecule has 51 heavy (non-hydrogen) atoms. The van der Waals surface area contributed by atoms with Crippen molar-refractivity contribution in [3.63, 3.8) is 0 Å². The first-order valence-corrected chi connectivity index (χ1v) is 35.6. The van der Waals surface area contributed by atoms with Crippen LogP contribution in [0.4, 0.5) is 0 Å². The summed E-state index contributed by atoms with van der Waals surface area (Å²) in [6.45, 7) is 25.6. The highest BCUT2D eigenvalue weighted by Gasteiger charge is 2.49. The van der Waals surface area contributed by atoms with E-state index >= 15 is 0 Å². The van der Waals surface area contributed by atoms with Gasteiger partial charge in [-0.15, -0.1) is 22.7 Å². The van der Waals surface area contributed by atoms with Crippen molar-refractivity contribution in [2.45, 2.75) is 123 Å². The van der Waals surface area contributed by atoms with Crippen LogP contribution in [-0.2, 0) is 26.4 Å². The first kappa shape index (κ1) is 42.5. The molecule has 1 unspecified atom stereocenters. The van der Waals surface area contributed by atoms with E-state index in [2.05, 4.69) is 72.0 Å². The molecule has 284 valence electrons. The standard InChI is InChI=1S/C36H62N2O6S2Si5/c1-41-50(11,42-47(2,3)4)27-17-13-15-23-37-33(29-21-19-25-45-29)31-32(35(37)39)34(30-22-20-26-46-30)38(36(31)40)24-16-14-18-28-51(12,43-48(5,6)7)44-49(8,9)10/h19-22,25-26H,13-18,23-24,27-28H2,1-12H3. The number of carbonyl (C=O) groups is 2. The van der Waals surface area contributed by atoms with Gasteiger partial charge in [-0.25, -0.2) is 0 Å². The Hall–Kier alpha value is -1.26. The van der Waals surface area contributed by atoms with Gasteiger partial charge in [-0.1, -0.05) is 37.8 Å². The van der Waals surface area contributed by atoms with Gasteiger partial charge in [0.2, 0.25) is 0 Å². The highest BCUT2D eigenvalue weighted by Crippen LogP contribution is 2.48. The van der Waals surface area contributed by atoms with Gasteiger partial charge in [0.1, 0.15) is 0 Å². The Morgan fingerprint density at radius 1 is 0.549 bits per heavy atom. The van der Waals surface area contributed by atoms with Crippen LogP contribution in [0.25, 0.3) is 11.4 Å². The maximum absolute atomic E-state index is 14.5. The van der Waals surface area contributed by atoms with Gasteiger partial charge in [0.05, 0.1) is 32.3 Å². The van der Waals surface area contributed by atoms with Gasteiger partial charge in [0, 0.05) is 20.2 Å². The molecule has 8 nitrogen and oxygen atoms in total. The Balaban J connectivity index is 1.50. The molecule has 1 atom stereocenters. The monoisotopic (exact) mass is 822 g/mol. The van der Waals surface area contributed by atoms with Gasteiger partial charge in [-0.05, 0) is 120 Å². The zero-order valence-corrected chi connectivity index (χ0v) is 39.8. The summed E-state index contributed by atoms with van der Waals surface area (Å²) in [4.78, 5) is 34.6. The van der Waals surface area contributed by atoms with E-state index in [1.54, 1.807) is 29.8 Å². The van der Waals surface area contributed by atoms with Crippen molar-refractivity contribution < 1.29 is 26.4 Å². The van der Waals surface area contributed by atoms with E-state index in [0.29, 0.717) is 24.2 Å². The maximum atomic E-state index is 14.5. The van der Waals surface area contributed by atoms with Gasteiger partial charge < -0.3 is 26.6 Å². The summed E-state index contributed by atoms with van der Waals surface area (Å²) in [7, 11) is -8.00. The number of rotatable bonds is 21. The Kier molecular flexibility index (Phi) is 14.2. The number of thiophene rings is 2. The summed E-state index contributed by atoms with van der Waals surface area (Å²) in [5.41, 5.74) is 2.69. The van der Waals surface area contributed by atoms with E-state index < -0.39 is 42.1 Å². The molecule has 0 aromatic carbocycles. The number of nitrogens with zero attached hydrogens (tertiary/aromatic N) is 2. The van der Waals surface area contributed by atoms with Crippen molar-refractivity contribution in [1.82, 2.24) is 9.80 Å². The van der Waals surface area contributed by atoms with Gasteiger partial charge in [0.25, 0.3) is 11.8 Å². The van der Waals surface area contributed by atoms with Crippen molar-refractivity contribution in [2.75, 3.05) is 20.2 Å². The molecule has 0 N–H and O–H groups in total. The molecule has 2 aliphatic heterocycles. The minimum atomic E-state index is -2.32. The Morgan fingerprint density at radius 3 is 1.25 bits per heavy atom. The van der Waals surface area contributed by atoms with Crippen LogP contribution < -0.4 is 0 Å². The van der Waals surface area contributed by atoms with Gasteiger partial charge >= 0.3 is 17.1 Å². The summed E-state index contributed by atoms with van der Waals surface area (Å²) in [5.74, 6) is -0.110. The predicted molar refractivity (Wildman–Crippen MR) is 227 cm³/mol. The Morgan fingerprint density at radius 2 is 0.922 bits per heavy atom. The SMILES string of the molecule is CO[Si](C)(CCCCCN1C(=O)C2=C(c3cccs3)N(CCCCC[Si](C)(O[Si](C)(C)C)O[Si](C)(C)C)C(=O)C2=C1c1cccs1)O[Si](C)(C)C. The molecular weight excluding hydrogens is 761 g/mol. The summed E-state index contributed by atoms with van der Waals surface area (Å²) >= 11 is 3.17.